The van der Waals surface area contributed by atoms with E-state index in [1.54, 1.807) is 24.3 Å². The molecule has 0 aliphatic heterocycles. The molecule has 1 N–H and O–H groups in total. The van der Waals surface area contributed by atoms with Gasteiger partial charge < -0.3 is 4.55 Å². The Hall–Kier alpha value is -0.760. The van der Waals surface area contributed by atoms with Gasteiger partial charge in [0.05, 0.1) is 5.02 Å². The second-order valence-corrected chi connectivity index (χ2v) is 7.50. The fourth-order valence-corrected chi connectivity index (χ4v) is 3.76. The molecule has 4 nitrogen and oxygen atoms in total. The Labute approximate surface area is 129 Å². The molecule has 1 atom stereocenters. The van der Waals surface area contributed by atoms with Gasteiger partial charge in [-0.3, -0.25) is 4.55 Å². The number of benzene rings is 2. The molecular formula is C12H8Cl2O4S2. The maximum Gasteiger partial charge on any atom is 0.296 e. The Morgan fingerprint density at radius 1 is 1.00 bits per heavy atom. The zero-order chi connectivity index (χ0) is 14.9. The highest BCUT2D eigenvalue weighted by atomic mass is 35.5. The zero-order valence-corrected chi connectivity index (χ0v) is 12.9. The van der Waals surface area contributed by atoms with E-state index in [1.807, 2.05) is 0 Å². The molecule has 0 aliphatic rings. The summed E-state index contributed by atoms with van der Waals surface area (Å²) in [7, 11) is -4.47. The fraction of sp³-hybridized carbons (Fsp3) is 0. The molecule has 0 fully saturated rings. The normalized spacial score (nSPS) is 13.2. The lowest BCUT2D eigenvalue weighted by molar-refractivity contribution is 0.483. The molecular weight excluding hydrogens is 343 g/mol. The molecule has 0 aliphatic carbocycles. The third-order valence-corrected chi connectivity index (χ3v) is 5.39. The monoisotopic (exact) mass is 350 g/mol. The molecule has 0 saturated heterocycles. The Bertz CT molecular complexity index is 730. The van der Waals surface area contributed by atoms with Crippen LogP contribution in [0.5, 0.6) is 0 Å². The quantitative estimate of drug-likeness (QED) is 0.679. The summed E-state index contributed by atoms with van der Waals surface area (Å²) >= 11 is 9.83. The van der Waals surface area contributed by atoms with Crippen molar-refractivity contribution in [1.82, 2.24) is 0 Å². The number of halogens is 2. The minimum atomic E-state index is -4.47. The van der Waals surface area contributed by atoms with Crippen LogP contribution >= 0.6 is 23.2 Å². The van der Waals surface area contributed by atoms with Crippen molar-refractivity contribution in [2.45, 2.75) is 14.7 Å². The predicted molar refractivity (Wildman–Crippen MR) is 77.4 cm³/mol. The maximum absolute atomic E-state index is 12.3. The van der Waals surface area contributed by atoms with Crippen molar-refractivity contribution < 1.29 is 17.5 Å². The van der Waals surface area contributed by atoms with Gasteiger partial charge in [-0.1, -0.05) is 23.2 Å². The van der Waals surface area contributed by atoms with Crippen LogP contribution in [0.1, 0.15) is 0 Å². The van der Waals surface area contributed by atoms with Gasteiger partial charge in [0, 0.05) is 22.3 Å². The van der Waals surface area contributed by atoms with Crippen molar-refractivity contribution in [3.8, 4) is 0 Å². The van der Waals surface area contributed by atoms with Crippen LogP contribution in [0.25, 0.3) is 0 Å². The van der Waals surface area contributed by atoms with E-state index in [4.69, 9.17) is 27.8 Å². The topological polar surface area (TPSA) is 77.4 Å². The summed E-state index contributed by atoms with van der Waals surface area (Å²) < 4.78 is 43.7. The average molecular weight is 351 g/mol. The highest BCUT2D eigenvalue weighted by molar-refractivity contribution is 7.91. The van der Waals surface area contributed by atoms with Gasteiger partial charge in [0.2, 0.25) is 0 Å². The van der Waals surface area contributed by atoms with Crippen molar-refractivity contribution in [3.63, 3.8) is 0 Å². The van der Waals surface area contributed by atoms with E-state index in [9.17, 15) is 13.0 Å². The average Bonchev–Trinajstić information content (AvgIpc) is 2.38. The summed E-state index contributed by atoms with van der Waals surface area (Å²) in [6, 6.07) is 10.1. The number of rotatable bonds is 3. The van der Waals surface area contributed by atoms with Gasteiger partial charge in [0.1, 0.15) is 4.90 Å². The van der Waals surface area contributed by atoms with Gasteiger partial charge in [0.15, 0.2) is 9.79 Å². The van der Waals surface area contributed by atoms with Crippen LogP contribution in [0.2, 0.25) is 10.0 Å². The maximum atomic E-state index is 12.3. The molecule has 2 rings (SSSR count). The molecule has 20 heavy (non-hydrogen) atoms. The first-order chi connectivity index (χ1) is 9.29. The molecule has 2 aromatic rings. The van der Waals surface area contributed by atoms with Crippen LogP contribution in [-0.2, 0) is 21.3 Å². The highest BCUT2D eigenvalue weighted by Crippen LogP contribution is 2.28. The molecule has 0 saturated carbocycles. The number of hydrogen-bond acceptors (Lipinski definition) is 3. The van der Waals surface area contributed by atoms with Crippen LogP contribution < -0.4 is 0 Å². The van der Waals surface area contributed by atoms with Crippen molar-refractivity contribution >= 4 is 44.5 Å². The standard InChI is InChI=1S/C12H8Cl2O4S2/c13-8-1-3-9(4-2-8)19(15)10-5-6-11(14)12(7-10)20(16,17)18/h1-7H,(H,16,17,18). The first-order valence-electron chi connectivity index (χ1n) is 5.23. The third-order valence-electron chi connectivity index (χ3n) is 2.42. The van der Waals surface area contributed by atoms with Crippen LogP contribution in [-0.4, -0.2) is 17.5 Å². The molecule has 0 amide bonds. The summed E-state index contributed by atoms with van der Waals surface area (Å²) in [4.78, 5) is 0.196. The van der Waals surface area contributed by atoms with Gasteiger partial charge in [-0.2, -0.15) is 8.42 Å². The lowest BCUT2D eigenvalue weighted by Crippen LogP contribution is -2.05. The predicted octanol–water partition coefficient (Wildman–Crippen LogP) is 3.41. The van der Waals surface area contributed by atoms with E-state index in [-0.39, 0.29) is 9.92 Å². The molecule has 0 spiro atoms. The zero-order valence-electron chi connectivity index (χ0n) is 9.79. The third kappa shape index (κ3) is 3.46. The van der Waals surface area contributed by atoms with Crippen LogP contribution in [0.15, 0.2) is 57.2 Å². The van der Waals surface area contributed by atoms with E-state index in [0.717, 1.165) is 6.07 Å². The Morgan fingerprint density at radius 3 is 2.10 bits per heavy atom. The first kappa shape index (κ1) is 15.6. The number of hydrogen-bond donors (Lipinski definition) is 1. The lowest BCUT2D eigenvalue weighted by atomic mass is 10.4. The van der Waals surface area contributed by atoms with Gasteiger partial charge >= 0.3 is 0 Å². The Kier molecular flexibility index (Phi) is 4.63. The van der Waals surface area contributed by atoms with Crippen LogP contribution in [0.4, 0.5) is 0 Å². The minimum Gasteiger partial charge on any atom is -0.606 e. The smallest absolute Gasteiger partial charge is 0.296 e. The van der Waals surface area contributed by atoms with E-state index in [2.05, 4.69) is 0 Å². The van der Waals surface area contributed by atoms with Crippen molar-refractivity contribution in [1.29, 1.82) is 0 Å². The highest BCUT2D eigenvalue weighted by Gasteiger charge is 2.21. The van der Waals surface area contributed by atoms with Crippen molar-refractivity contribution in [2.24, 2.45) is 0 Å². The first-order valence-corrected chi connectivity index (χ1v) is 8.58. The van der Waals surface area contributed by atoms with E-state index in [0.29, 0.717) is 9.92 Å². The van der Waals surface area contributed by atoms with E-state index >= 15 is 0 Å². The molecule has 0 aromatic heterocycles. The molecule has 0 bridgehead atoms. The molecule has 1 unspecified atom stereocenters. The Morgan fingerprint density at radius 2 is 1.55 bits per heavy atom. The molecule has 106 valence electrons. The largest absolute Gasteiger partial charge is 0.606 e. The van der Waals surface area contributed by atoms with Gasteiger partial charge in [-0.25, -0.2) is 0 Å². The second kappa shape index (κ2) is 5.93. The van der Waals surface area contributed by atoms with E-state index < -0.39 is 26.2 Å². The van der Waals surface area contributed by atoms with Crippen molar-refractivity contribution in [2.75, 3.05) is 0 Å². The SMILES string of the molecule is O=S(=O)(O)c1cc([S+]([O-])c2ccc(Cl)cc2)ccc1Cl. The molecule has 2 aromatic carbocycles. The van der Waals surface area contributed by atoms with Crippen LogP contribution in [0.3, 0.4) is 0 Å². The lowest BCUT2D eigenvalue weighted by Gasteiger charge is -2.11. The summed E-state index contributed by atoms with van der Waals surface area (Å²) in [5, 5.41) is 0.366. The second-order valence-electron chi connectivity index (χ2n) is 3.79. The fourth-order valence-electron chi connectivity index (χ4n) is 1.49. The summed E-state index contributed by atoms with van der Waals surface area (Å²) in [5.41, 5.74) is 0. The Balaban J connectivity index is 2.45. The summed E-state index contributed by atoms with van der Waals surface area (Å²) in [5.74, 6) is 0. The molecule has 0 radical (unpaired) electrons. The van der Waals surface area contributed by atoms with Crippen LogP contribution in [0, 0.1) is 0 Å². The van der Waals surface area contributed by atoms with E-state index in [1.165, 1.54) is 12.1 Å². The van der Waals surface area contributed by atoms with Crippen molar-refractivity contribution in [3.05, 3.63) is 52.5 Å². The minimum absolute atomic E-state index is 0.135. The molecule has 8 heteroatoms. The summed E-state index contributed by atoms with van der Waals surface area (Å²) in [6.45, 7) is 0. The van der Waals surface area contributed by atoms with Gasteiger partial charge in [0.25, 0.3) is 10.1 Å². The van der Waals surface area contributed by atoms with Gasteiger partial charge in [-0.15, -0.1) is 0 Å². The summed E-state index contributed by atoms with van der Waals surface area (Å²) in [6.07, 6.45) is 0. The molecule has 0 heterocycles. The van der Waals surface area contributed by atoms with Gasteiger partial charge in [-0.05, 0) is 36.4 Å².